The second-order valence-corrected chi connectivity index (χ2v) is 7.85. The Morgan fingerprint density at radius 3 is 2.73 bits per heavy atom. The van der Waals surface area contributed by atoms with Crippen molar-refractivity contribution in [3.05, 3.63) is 23.8 Å². The maximum Gasteiger partial charge on any atom is 0.338 e. The lowest BCUT2D eigenvalue weighted by molar-refractivity contribution is -0.141. The Hall–Kier alpha value is -2.02. The summed E-state index contributed by atoms with van der Waals surface area (Å²) in [6.45, 7) is 1.61. The van der Waals surface area contributed by atoms with Crippen LogP contribution in [-0.4, -0.2) is 47.6 Å². The quantitative estimate of drug-likeness (QED) is 0.818. The minimum atomic E-state index is -0.838. The van der Waals surface area contributed by atoms with Gasteiger partial charge in [0.05, 0.1) is 17.0 Å². The minimum absolute atomic E-state index is 0.0920. The molecular weight excluding hydrogens is 352 g/mol. The third kappa shape index (κ3) is 4.20. The van der Waals surface area contributed by atoms with E-state index in [0.717, 1.165) is 30.6 Å². The van der Waals surface area contributed by atoms with Gasteiger partial charge in [-0.05, 0) is 38.0 Å². The molecule has 3 rings (SSSR count). The van der Waals surface area contributed by atoms with Gasteiger partial charge in [-0.15, -0.1) is 11.8 Å². The monoisotopic (exact) mass is 376 g/mol. The molecule has 1 fully saturated rings. The molecule has 7 heteroatoms. The Kier molecular flexibility index (Phi) is 5.86. The van der Waals surface area contributed by atoms with Crippen LogP contribution in [0.5, 0.6) is 0 Å². The molecule has 1 aromatic carbocycles. The van der Waals surface area contributed by atoms with Crippen LogP contribution in [0.2, 0.25) is 0 Å². The standard InChI is InChI=1S/C19H24N2O4S/c1-12(18(23)21(2)14-6-4-3-5-7-14)25-19(24)13-8-9-16-15(10-13)20-17(22)11-26-16/h8-10,12,14H,3-7,11H2,1-2H3,(H,20,22)/t12-/m1/s1. The number of ether oxygens (including phenoxy) is 1. The summed E-state index contributed by atoms with van der Waals surface area (Å²) in [6, 6.07) is 5.28. The van der Waals surface area contributed by atoms with Crippen molar-refractivity contribution in [2.24, 2.45) is 0 Å². The van der Waals surface area contributed by atoms with Crippen LogP contribution in [0.1, 0.15) is 49.4 Å². The SMILES string of the molecule is C[C@@H](OC(=O)c1ccc2c(c1)NC(=O)CS2)C(=O)N(C)C1CCCCC1. The van der Waals surface area contributed by atoms with Crippen LogP contribution in [0.4, 0.5) is 5.69 Å². The highest BCUT2D eigenvalue weighted by atomic mass is 32.2. The molecule has 2 amide bonds. The van der Waals surface area contributed by atoms with Crippen molar-refractivity contribution >= 4 is 35.2 Å². The zero-order valence-corrected chi connectivity index (χ0v) is 15.9. The third-order valence-electron chi connectivity index (χ3n) is 4.95. The number of nitrogens with zero attached hydrogens (tertiary/aromatic N) is 1. The fourth-order valence-corrected chi connectivity index (χ4v) is 4.21. The summed E-state index contributed by atoms with van der Waals surface area (Å²) in [5.74, 6) is -0.455. The van der Waals surface area contributed by atoms with E-state index in [4.69, 9.17) is 4.74 Å². The van der Waals surface area contributed by atoms with Crippen LogP contribution in [-0.2, 0) is 14.3 Å². The van der Waals surface area contributed by atoms with Crippen molar-refractivity contribution < 1.29 is 19.1 Å². The van der Waals surface area contributed by atoms with Gasteiger partial charge in [0.15, 0.2) is 6.10 Å². The second-order valence-electron chi connectivity index (χ2n) is 6.84. The molecule has 0 radical (unpaired) electrons. The summed E-state index contributed by atoms with van der Waals surface area (Å²) in [6.07, 6.45) is 4.66. The summed E-state index contributed by atoms with van der Waals surface area (Å²) in [4.78, 5) is 39.1. The molecule has 0 bridgehead atoms. The predicted molar refractivity (Wildman–Crippen MR) is 100 cm³/mol. The van der Waals surface area contributed by atoms with Crippen LogP contribution in [0, 0.1) is 0 Å². The summed E-state index contributed by atoms with van der Waals surface area (Å²) in [7, 11) is 1.79. The lowest BCUT2D eigenvalue weighted by atomic mass is 9.94. The largest absolute Gasteiger partial charge is 0.449 e. The maximum absolute atomic E-state index is 12.6. The molecule has 0 saturated heterocycles. The summed E-state index contributed by atoms with van der Waals surface area (Å²) >= 11 is 1.43. The van der Waals surface area contributed by atoms with E-state index >= 15 is 0 Å². The van der Waals surface area contributed by atoms with Gasteiger partial charge in [0.2, 0.25) is 5.91 Å². The fraction of sp³-hybridized carbons (Fsp3) is 0.526. The molecule has 6 nitrogen and oxygen atoms in total. The van der Waals surface area contributed by atoms with E-state index in [2.05, 4.69) is 5.32 Å². The fourth-order valence-electron chi connectivity index (χ4n) is 3.42. The van der Waals surface area contributed by atoms with Crippen molar-refractivity contribution in [1.82, 2.24) is 4.90 Å². The molecule has 0 spiro atoms. The number of thioether (sulfide) groups is 1. The van der Waals surface area contributed by atoms with Gasteiger partial charge in [0, 0.05) is 18.0 Å². The number of anilines is 1. The molecule has 0 aromatic heterocycles. The molecule has 140 valence electrons. The normalized spacial score (nSPS) is 18.5. The average molecular weight is 376 g/mol. The molecule has 1 saturated carbocycles. The number of amides is 2. The first-order valence-electron chi connectivity index (χ1n) is 9.00. The number of esters is 1. The van der Waals surface area contributed by atoms with Gasteiger partial charge >= 0.3 is 5.97 Å². The smallest absolute Gasteiger partial charge is 0.338 e. The Morgan fingerprint density at radius 2 is 2.00 bits per heavy atom. The number of likely N-dealkylation sites (N-methyl/N-ethyl adjacent to an activating group) is 1. The van der Waals surface area contributed by atoms with Crippen LogP contribution in [0.3, 0.4) is 0 Å². The molecule has 1 atom stereocenters. The summed E-state index contributed by atoms with van der Waals surface area (Å²) in [5, 5.41) is 2.75. The van der Waals surface area contributed by atoms with E-state index in [0.29, 0.717) is 17.0 Å². The van der Waals surface area contributed by atoms with Gasteiger partial charge < -0.3 is 15.0 Å². The van der Waals surface area contributed by atoms with Gasteiger partial charge in [-0.2, -0.15) is 0 Å². The molecule has 0 unspecified atom stereocenters. The van der Waals surface area contributed by atoms with Gasteiger partial charge in [-0.25, -0.2) is 4.79 Å². The van der Waals surface area contributed by atoms with Gasteiger partial charge in [0.25, 0.3) is 5.91 Å². The van der Waals surface area contributed by atoms with E-state index in [9.17, 15) is 14.4 Å². The minimum Gasteiger partial charge on any atom is -0.449 e. The van der Waals surface area contributed by atoms with Crippen molar-refractivity contribution in [1.29, 1.82) is 0 Å². The van der Waals surface area contributed by atoms with Crippen molar-refractivity contribution in [3.63, 3.8) is 0 Å². The van der Waals surface area contributed by atoms with E-state index in [-0.39, 0.29) is 17.9 Å². The van der Waals surface area contributed by atoms with Crippen LogP contribution < -0.4 is 5.32 Å². The Morgan fingerprint density at radius 1 is 1.27 bits per heavy atom. The first-order chi connectivity index (χ1) is 12.5. The number of rotatable bonds is 4. The number of fused-ring (bicyclic) bond motifs is 1. The van der Waals surface area contributed by atoms with Gasteiger partial charge in [-0.3, -0.25) is 9.59 Å². The third-order valence-corrected chi connectivity index (χ3v) is 6.02. The zero-order valence-electron chi connectivity index (χ0n) is 15.1. The van der Waals surface area contributed by atoms with E-state index in [1.165, 1.54) is 18.2 Å². The first kappa shape index (κ1) is 18.8. The second kappa shape index (κ2) is 8.12. The highest BCUT2D eigenvalue weighted by Gasteiger charge is 2.28. The number of nitrogens with one attached hydrogen (secondary N) is 1. The molecule has 1 aromatic rings. The molecule has 1 heterocycles. The predicted octanol–water partition coefficient (Wildman–Crippen LogP) is 3.07. The van der Waals surface area contributed by atoms with E-state index in [1.807, 2.05) is 0 Å². The summed E-state index contributed by atoms with van der Waals surface area (Å²) in [5.41, 5.74) is 0.936. The van der Waals surface area contributed by atoms with Crippen molar-refractivity contribution in [2.75, 3.05) is 18.1 Å². The number of hydrogen-bond acceptors (Lipinski definition) is 5. The molecule has 1 aliphatic heterocycles. The maximum atomic E-state index is 12.6. The lowest BCUT2D eigenvalue weighted by Gasteiger charge is -2.32. The van der Waals surface area contributed by atoms with Gasteiger partial charge in [0.1, 0.15) is 0 Å². The highest BCUT2D eigenvalue weighted by Crippen LogP contribution is 2.32. The van der Waals surface area contributed by atoms with Crippen LogP contribution >= 0.6 is 11.8 Å². The van der Waals surface area contributed by atoms with E-state index in [1.54, 1.807) is 37.1 Å². The topological polar surface area (TPSA) is 75.7 Å². The Labute approximate surface area is 157 Å². The first-order valence-corrected chi connectivity index (χ1v) is 9.98. The molecule has 26 heavy (non-hydrogen) atoms. The zero-order chi connectivity index (χ0) is 18.7. The highest BCUT2D eigenvalue weighted by molar-refractivity contribution is 8.00. The van der Waals surface area contributed by atoms with E-state index < -0.39 is 12.1 Å². The lowest BCUT2D eigenvalue weighted by Crippen LogP contribution is -2.44. The van der Waals surface area contributed by atoms with Crippen LogP contribution in [0.15, 0.2) is 23.1 Å². The van der Waals surface area contributed by atoms with Crippen molar-refractivity contribution in [2.45, 2.75) is 56.1 Å². The molecule has 2 aliphatic rings. The molecule has 1 N–H and O–H groups in total. The number of carbonyl (C=O) groups excluding carboxylic acids is 3. The molecular formula is C19H24N2O4S. The van der Waals surface area contributed by atoms with Crippen LogP contribution in [0.25, 0.3) is 0 Å². The van der Waals surface area contributed by atoms with Crippen molar-refractivity contribution in [3.8, 4) is 0 Å². The number of hydrogen-bond donors (Lipinski definition) is 1. The Balaban J connectivity index is 1.62. The molecule has 1 aliphatic carbocycles. The number of carbonyl (C=O) groups is 3. The number of benzene rings is 1. The average Bonchev–Trinajstić information content (AvgIpc) is 2.66. The Bertz CT molecular complexity index is 715. The van der Waals surface area contributed by atoms with Gasteiger partial charge in [-0.1, -0.05) is 19.3 Å². The summed E-state index contributed by atoms with van der Waals surface area (Å²) < 4.78 is 5.38.